The minimum absolute atomic E-state index is 0.191. The molecule has 1 rings (SSSR count). The van der Waals surface area contributed by atoms with E-state index in [0.29, 0.717) is 10.3 Å². The van der Waals surface area contributed by atoms with Gasteiger partial charge in [0.25, 0.3) is 0 Å². The van der Waals surface area contributed by atoms with Crippen molar-refractivity contribution in [3.05, 3.63) is 10.5 Å². The van der Waals surface area contributed by atoms with Crippen LogP contribution in [0, 0.1) is 0 Å². The number of anilines is 1. The van der Waals surface area contributed by atoms with Gasteiger partial charge in [-0.1, -0.05) is 0 Å². The van der Waals surface area contributed by atoms with Gasteiger partial charge >= 0.3 is 5.51 Å². The van der Waals surface area contributed by atoms with Gasteiger partial charge in [0, 0.05) is 18.8 Å². The second kappa shape index (κ2) is 4.35. The zero-order chi connectivity index (χ0) is 10.8. The van der Waals surface area contributed by atoms with Crippen LogP contribution in [0.15, 0.2) is 15.6 Å². The predicted octanol–water partition coefficient (Wildman–Crippen LogP) is 2.89. The first-order valence-corrected chi connectivity index (χ1v) is 5.00. The molecule has 0 unspecified atom stereocenters. The van der Waals surface area contributed by atoms with E-state index in [4.69, 9.17) is 0 Å². The summed E-state index contributed by atoms with van der Waals surface area (Å²) >= 11 is 2.77. The highest BCUT2D eigenvalue weighted by Crippen LogP contribution is 2.36. The molecule has 1 aromatic heterocycles. The van der Waals surface area contributed by atoms with E-state index in [-0.39, 0.29) is 16.8 Å². The fourth-order valence-corrected chi connectivity index (χ4v) is 1.83. The number of thioether (sulfide) groups is 1. The lowest BCUT2D eigenvalue weighted by Gasteiger charge is -2.05. The first-order chi connectivity index (χ1) is 6.42. The summed E-state index contributed by atoms with van der Waals surface area (Å²) in [6.45, 7) is 0. The molecule has 0 amide bonds. The Hall–Kier alpha value is -0.500. The Bertz CT molecular complexity index is 331. The number of hydrogen-bond acceptors (Lipinski definition) is 4. The van der Waals surface area contributed by atoms with Crippen LogP contribution in [-0.2, 0) is 0 Å². The third-order valence-electron chi connectivity index (χ3n) is 1.18. The summed E-state index contributed by atoms with van der Waals surface area (Å²) in [5, 5.41) is 9.43. The van der Waals surface area contributed by atoms with E-state index >= 15 is 0 Å². The molecule has 0 aliphatic heterocycles. The van der Waals surface area contributed by atoms with Crippen molar-refractivity contribution in [2.75, 3.05) is 12.4 Å². The fourth-order valence-electron chi connectivity index (χ4n) is 0.691. The van der Waals surface area contributed by atoms with Crippen molar-refractivity contribution >= 4 is 33.5 Å². The van der Waals surface area contributed by atoms with Gasteiger partial charge < -0.3 is 5.32 Å². The first-order valence-electron chi connectivity index (χ1n) is 3.39. The molecular formula is C6H5BrF3N3S. The number of nitrogens with one attached hydrogen (secondary N) is 1. The van der Waals surface area contributed by atoms with E-state index in [9.17, 15) is 13.2 Å². The van der Waals surface area contributed by atoms with Gasteiger partial charge in [-0.05, 0) is 22.0 Å². The zero-order valence-corrected chi connectivity index (χ0v) is 9.29. The molecule has 0 bridgehead atoms. The molecule has 0 fully saturated rings. The number of hydrogen-bond donors (Lipinski definition) is 1. The van der Waals surface area contributed by atoms with Crippen LogP contribution < -0.4 is 5.32 Å². The van der Waals surface area contributed by atoms with Crippen molar-refractivity contribution in [3.8, 4) is 0 Å². The lowest BCUT2D eigenvalue weighted by molar-refractivity contribution is -0.0329. The van der Waals surface area contributed by atoms with Crippen molar-refractivity contribution in [2.45, 2.75) is 10.5 Å². The van der Waals surface area contributed by atoms with Gasteiger partial charge in [-0.2, -0.15) is 13.2 Å². The van der Waals surface area contributed by atoms with E-state index in [1.165, 1.54) is 6.07 Å². The predicted molar refractivity (Wildman–Crippen MR) is 51.2 cm³/mol. The van der Waals surface area contributed by atoms with Crippen molar-refractivity contribution in [2.24, 2.45) is 0 Å². The number of alkyl halides is 3. The summed E-state index contributed by atoms with van der Waals surface area (Å²) < 4.78 is 36.2. The summed E-state index contributed by atoms with van der Waals surface area (Å²) in [5.41, 5.74) is -4.34. The molecule has 8 heteroatoms. The van der Waals surface area contributed by atoms with Crippen LogP contribution in [0.4, 0.5) is 19.0 Å². The van der Waals surface area contributed by atoms with Crippen LogP contribution in [-0.4, -0.2) is 22.8 Å². The Balaban J connectivity index is 2.87. The van der Waals surface area contributed by atoms with Crippen molar-refractivity contribution in [1.29, 1.82) is 0 Å². The quantitative estimate of drug-likeness (QED) is 0.849. The zero-order valence-electron chi connectivity index (χ0n) is 6.89. The first kappa shape index (κ1) is 11.6. The normalized spacial score (nSPS) is 11.5. The molecule has 0 aliphatic carbocycles. The lowest BCUT2D eigenvalue weighted by atomic mass is 10.5. The van der Waals surface area contributed by atoms with Gasteiger partial charge in [0.05, 0.1) is 4.47 Å². The van der Waals surface area contributed by atoms with E-state index in [0.717, 1.165) is 0 Å². The maximum atomic E-state index is 11.9. The van der Waals surface area contributed by atoms with Crippen LogP contribution in [0.1, 0.15) is 0 Å². The summed E-state index contributed by atoms with van der Waals surface area (Å²) in [6.07, 6.45) is 0. The monoisotopic (exact) mass is 287 g/mol. The van der Waals surface area contributed by atoms with Crippen molar-refractivity contribution in [3.63, 3.8) is 0 Å². The number of nitrogens with zero attached hydrogens (tertiary/aromatic N) is 2. The molecule has 1 N–H and O–H groups in total. The smallest absolute Gasteiger partial charge is 0.371 e. The van der Waals surface area contributed by atoms with Crippen LogP contribution in [0.2, 0.25) is 0 Å². The van der Waals surface area contributed by atoms with Gasteiger partial charge in [-0.15, -0.1) is 10.2 Å². The second-order valence-corrected chi connectivity index (χ2v) is 4.12. The number of aromatic nitrogens is 2. The van der Waals surface area contributed by atoms with Gasteiger partial charge in [0.15, 0.2) is 5.82 Å². The number of halogens is 4. The van der Waals surface area contributed by atoms with Crippen molar-refractivity contribution < 1.29 is 13.2 Å². The SMILES string of the molecule is CNc1nnc(SC(F)(F)F)cc1Br. The average Bonchev–Trinajstić information content (AvgIpc) is 2.01. The molecule has 1 aromatic rings. The Morgan fingerprint density at radius 2 is 2.07 bits per heavy atom. The van der Waals surface area contributed by atoms with Crippen molar-refractivity contribution in [1.82, 2.24) is 10.2 Å². The van der Waals surface area contributed by atoms with E-state index in [1.54, 1.807) is 7.05 Å². The number of rotatable bonds is 2. The fraction of sp³-hybridized carbons (Fsp3) is 0.333. The maximum Gasteiger partial charge on any atom is 0.447 e. The second-order valence-electron chi connectivity index (χ2n) is 2.18. The van der Waals surface area contributed by atoms with E-state index in [2.05, 4.69) is 31.4 Å². The average molecular weight is 288 g/mol. The highest BCUT2D eigenvalue weighted by Gasteiger charge is 2.30. The molecule has 0 spiro atoms. The van der Waals surface area contributed by atoms with Crippen LogP contribution >= 0.6 is 27.7 Å². The van der Waals surface area contributed by atoms with Crippen LogP contribution in [0.3, 0.4) is 0 Å². The molecule has 14 heavy (non-hydrogen) atoms. The molecule has 0 saturated carbocycles. The largest absolute Gasteiger partial charge is 0.447 e. The van der Waals surface area contributed by atoms with E-state index < -0.39 is 5.51 Å². The van der Waals surface area contributed by atoms with Gasteiger partial charge in [0.2, 0.25) is 0 Å². The molecule has 3 nitrogen and oxygen atoms in total. The topological polar surface area (TPSA) is 37.8 Å². The standard InChI is InChI=1S/C6H5BrF3N3S/c1-11-5-3(7)2-4(12-13-5)14-6(8,9)10/h2H,1H3,(H,11,13). The molecule has 0 atom stereocenters. The van der Waals surface area contributed by atoms with Gasteiger partial charge in [-0.25, -0.2) is 0 Å². The summed E-state index contributed by atoms with van der Waals surface area (Å²) in [5.74, 6) is 0.400. The minimum Gasteiger partial charge on any atom is -0.371 e. The Kier molecular flexibility index (Phi) is 3.59. The Morgan fingerprint density at radius 3 is 2.50 bits per heavy atom. The Morgan fingerprint density at radius 1 is 1.43 bits per heavy atom. The third-order valence-corrected chi connectivity index (χ3v) is 2.43. The highest BCUT2D eigenvalue weighted by atomic mass is 79.9. The maximum absolute atomic E-state index is 11.9. The third kappa shape index (κ3) is 3.33. The van der Waals surface area contributed by atoms with Crippen LogP contribution in [0.25, 0.3) is 0 Å². The molecule has 78 valence electrons. The lowest BCUT2D eigenvalue weighted by Crippen LogP contribution is -2.02. The summed E-state index contributed by atoms with van der Waals surface area (Å²) in [6, 6.07) is 1.26. The summed E-state index contributed by atoms with van der Waals surface area (Å²) in [4.78, 5) is 0. The molecule has 1 heterocycles. The Labute approximate surface area is 90.6 Å². The van der Waals surface area contributed by atoms with Gasteiger partial charge in [0.1, 0.15) is 5.03 Å². The molecule has 0 aliphatic rings. The minimum atomic E-state index is -4.34. The molecule has 0 saturated heterocycles. The van der Waals surface area contributed by atoms with Gasteiger partial charge in [-0.3, -0.25) is 0 Å². The molecule has 0 radical (unpaired) electrons. The molecule has 0 aromatic carbocycles. The summed E-state index contributed by atoms with van der Waals surface area (Å²) in [7, 11) is 1.60. The highest BCUT2D eigenvalue weighted by molar-refractivity contribution is 9.10. The van der Waals surface area contributed by atoms with E-state index in [1.807, 2.05) is 0 Å². The van der Waals surface area contributed by atoms with Crippen LogP contribution in [0.5, 0.6) is 0 Å². The molecular weight excluding hydrogens is 283 g/mol.